The van der Waals surface area contributed by atoms with Crippen molar-refractivity contribution in [3.05, 3.63) is 35.6 Å². The number of amides is 2. The molecule has 2 aromatic rings. The minimum Gasteiger partial charge on any atom is -0.329 e. The average Bonchev–Trinajstić information content (AvgIpc) is 3.20. The van der Waals surface area contributed by atoms with E-state index < -0.39 is 12.1 Å². The molecule has 0 aliphatic rings. The summed E-state index contributed by atoms with van der Waals surface area (Å²) in [5.74, 6) is -1.50. The molecule has 2 rings (SSSR count). The number of carbonyl (C=O) groups excluding carboxylic acids is 1. The number of alkyl halides is 3. The fraction of sp³-hybridized carbons (Fsp3) is 0.400. The number of rotatable bonds is 6. The molecule has 0 spiro atoms. The normalized spacial score (nSPS) is 11.4. The maximum atomic E-state index is 12.5. The zero-order valence-corrected chi connectivity index (χ0v) is 14.5. The molecule has 25 heavy (non-hydrogen) atoms. The molecule has 2 heterocycles. The number of likely N-dealkylation sites (N-methyl/N-ethyl adjacent to an activating group) is 1. The summed E-state index contributed by atoms with van der Waals surface area (Å²) in [6.45, 7) is 6.70. The zero-order chi connectivity index (χ0) is 18.6. The van der Waals surface area contributed by atoms with Crippen molar-refractivity contribution in [2.45, 2.75) is 19.6 Å². The third-order valence-corrected chi connectivity index (χ3v) is 4.34. The Hall–Kier alpha value is -2.36. The van der Waals surface area contributed by atoms with Gasteiger partial charge in [-0.2, -0.15) is 18.2 Å². The van der Waals surface area contributed by atoms with Crippen molar-refractivity contribution in [1.82, 2.24) is 19.9 Å². The highest BCUT2D eigenvalue weighted by molar-refractivity contribution is 7.15. The van der Waals surface area contributed by atoms with Crippen LogP contribution in [0.25, 0.3) is 10.7 Å². The second-order valence-electron chi connectivity index (χ2n) is 5.15. The van der Waals surface area contributed by atoms with E-state index >= 15 is 0 Å². The smallest absolute Gasteiger partial charge is 0.329 e. The Morgan fingerprint density at radius 1 is 1.44 bits per heavy atom. The monoisotopic (exact) mass is 374 g/mol. The van der Waals surface area contributed by atoms with Gasteiger partial charge in [0.1, 0.15) is 0 Å². The van der Waals surface area contributed by atoms with E-state index in [9.17, 15) is 18.0 Å². The number of nitrogens with zero attached hydrogens (tertiary/aromatic N) is 4. The van der Waals surface area contributed by atoms with Gasteiger partial charge in [-0.05, 0) is 19.1 Å². The van der Waals surface area contributed by atoms with E-state index in [4.69, 9.17) is 0 Å². The van der Waals surface area contributed by atoms with Crippen LogP contribution >= 0.6 is 11.3 Å². The van der Waals surface area contributed by atoms with E-state index in [0.717, 1.165) is 4.88 Å². The van der Waals surface area contributed by atoms with E-state index in [1.165, 1.54) is 16.2 Å². The van der Waals surface area contributed by atoms with Gasteiger partial charge >= 0.3 is 18.1 Å². The molecule has 0 fully saturated rings. The third-order valence-electron chi connectivity index (χ3n) is 3.28. The Balaban J connectivity index is 2.11. The van der Waals surface area contributed by atoms with Crippen molar-refractivity contribution in [2.24, 2.45) is 0 Å². The fourth-order valence-electron chi connectivity index (χ4n) is 2.04. The third kappa shape index (κ3) is 4.59. The van der Waals surface area contributed by atoms with Gasteiger partial charge < -0.3 is 14.3 Å². The van der Waals surface area contributed by atoms with Crippen LogP contribution in [0.4, 0.5) is 18.0 Å². The lowest BCUT2D eigenvalue weighted by Crippen LogP contribution is -2.40. The summed E-state index contributed by atoms with van der Waals surface area (Å²) in [6, 6.07) is 3.18. The van der Waals surface area contributed by atoms with Crippen molar-refractivity contribution >= 4 is 17.4 Å². The Labute approximate surface area is 146 Å². The summed E-state index contributed by atoms with van der Waals surface area (Å²) >= 11 is 1.21. The van der Waals surface area contributed by atoms with Gasteiger partial charge in [0, 0.05) is 25.0 Å². The number of aromatic nitrogens is 2. The number of urea groups is 1. The molecule has 136 valence electrons. The van der Waals surface area contributed by atoms with Crippen LogP contribution in [-0.4, -0.2) is 46.1 Å². The summed E-state index contributed by atoms with van der Waals surface area (Å²) in [4.78, 5) is 20.1. The van der Waals surface area contributed by atoms with E-state index in [-0.39, 0.29) is 11.9 Å². The highest BCUT2D eigenvalue weighted by Gasteiger charge is 2.38. The van der Waals surface area contributed by atoms with Gasteiger partial charge in [-0.15, -0.1) is 17.9 Å². The number of halogens is 3. The highest BCUT2D eigenvalue weighted by Crippen LogP contribution is 2.32. The molecule has 0 radical (unpaired) electrons. The fourth-order valence-corrected chi connectivity index (χ4v) is 2.99. The minimum atomic E-state index is -4.67. The topological polar surface area (TPSA) is 62.5 Å². The molecular weight excluding hydrogens is 357 g/mol. The van der Waals surface area contributed by atoms with Crippen LogP contribution in [0.15, 0.2) is 29.3 Å². The summed E-state index contributed by atoms with van der Waals surface area (Å²) in [6.07, 6.45) is -3.05. The maximum Gasteiger partial charge on any atom is 0.471 e. The molecule has 10 heteroatoms. The summed E-state index contributed by atoms with van der Waals surface area (Å²) in [7, 11) is 1.67. The van der Waals surface area contributed by atoms with Crippen molar-refractivity contribution < 1.29 is 22.5 Å². The van der Waals surface area contributed by atoms with Crippen LogP contribution in [0.5, 0.6) is 0 Å². The second kappa shape index (κ2) is 7.68. The zero-order valence-electron chi connectivity index (χ0n) is 13.7. The first-order valence-electron chi connectivity index (χ1n) is 7.37. The van der Waals surface area contributed by atoms with Gasteiger partial charge in [0.15, 0.2) is 0 Å². The molecule has 0 aromatic carbocycles. The van der Waals surface area contributed by atoms with E-state index in [1.807, 2.05) is 6.92 Å². The molecule has 0 bridgehead atoms. The summed E-state index contributed by atoms with van der Waals surface area (Å²) in [5, 5.41) is 3.36. The molecule has 2 amide bonds. The first-order chi connectivity index (χ1) is 11.8. The van der Waals surface area contributed by atoms with E-state index in [1.54, 1.807) is 30.2 Å². The number of carbonyl (C=O) groups is 1. The highest BCUT2D eigenvalue weighted by atomic mass is 32.1. The molecule has 0 aliphatic carbocycles. The molecule has 0 aliphatic heterocycles. The standard InChI is InChI=1S/C15H17F3N4O2S/c1-4-8-21(3)14(23)22(5-2)9-10-6-7-11(25-10)12-19-13(24-20-12)15(16,17)18/h4,6-7H,1,5,8-9H2,2-3H3. The van der Waals surface area contributed by atoms with Gasteiger partial charge in [-0.1, -0.05) is 11.2 Å². The van der Waals surface area contributed by atoms with Crippen LogP contribution in [0.1, 0.15) is 17.7 Å². The maximum absolute atomic E-state index is 12.5. The van der Waals surface area contributed by atoms with Crippen molar-refractivity contribution in [3.63, 3.8) is 0 Å². The van der Waals surface area contributed by atoms with Crippen LogP contribution in [0.2, 0.25) is 0 Å². The lowest BCUT2D eigenvalue weighted by atomic mass is 10.4. The minimum absolute atomic E-state index is 0.123. The predicted molar refractivity (Wildman–Crippen MR) is 86.9 cm³/mol. The molecule has 0 N–H and O–H groups in total. The summed E-state index contributed by atoms with van der Waals surface area (Å²) in [5.41, 5.74) is 0. The second-order valence-corrected chi connectivity index (χ2v) is 6.32. The predicted octanol–water partition coefficient (Wildman–Crippen LogP) is 3.88. The van der Waals surface area contributed by atoms with Crippen molar-refractivity contribution in [2.75, 3.05) is 20.1 Å². The Morgan fingerprint density at radius 3 is 2.72 bits per heavy atom. The Bertz CT molecular complexity index is 741. The van der Waals surface area contributed by atoms with Gasteiger partial charge in [0.25, 0.3) is 0 Å². The van der Waals surface area contributed by atoms with Crippen LogP contribution in [0, 0.1) is 0 Å². The lowest BCUT2D eigenvalue weighted by Gasteiger charge is -2.26. The SMILES string of the molecule is C=CCN(C)C(=O)N(CC)Cc1ccc(-c2noc(C(F)(F)F)n2)s1. The van der Waals surface area contributed by atoms with Crippen molar-refractivity contribution in [3.8, 4) is 10.7 Å². The van der Waals surface area contributed by atoms with Gasteiger partial charge in [-0.25, -0.2) is 4.79 Å². The van der Waals surface area contributed by atoms with Crippen LogP contribution < -0.4 is 0 Å². The molecule has 0 atom stereocenters. The lowest BCUT2D eigenvalue weighted by molar-refractivity contribution is -0.159. The Morgan fingerprint density at radius 2 is 2.16 bits per heavy atom. The molecule has 0 saturated carbocycles. The first kappa shape index (κ1) is 19.0. The van der Waals surface area contributed by atoms with E-state index in [0.29, 0.717) is 24.5 Å². The summed E-state index contributed by atoms with van der Waals surface area (Å²) < 4.78 is 41.8. The Kier molecular flexibility index (Phi) is 5.83. The van der Waals surface area contributed by atoms with Gasteiger partial charge in [-0.3, -0.25) is 0 Å². The van der Waals surface area contributed by atoms with Crippen LogP contribution in [-0.2, 0) is 12.7 Å². The van der Waals surface area contributed by atoms with Crippen LogP contribution in [0.3, 0.4) is 0 Å². The molecule has 0 saturated heterocycles. The molecular formula is C15H17F3N4O2S. The number of hydrogen-bond acceptors (Lipinski definition) is 5. The average molecular weight is 374 g/mol. The number of hydrogen-bond donors (Lipinski definition) is 0. The van der Waals surface area contributed by atoms with E-state index in [2.05, 4.69) is 21.2 Å². The molecule has 2 aromatic heterocycles. The molecule has 6 nitrogen and oxygen atoms in total. The quantitative estimate of drug-likeness (QED) is 0.720. The first-order valence-corrected chi connectivity index (χ1v) is 8.18. The number of thiophene rings is 1. The largest absolute Gasteiger partial charge is 0.471 e. The molecule has 0 unspecified atom stereocenters. The van der Waals surface area contributed by atoms with Crippen molar-refractivity contribution in [1.29, 1.82) is 0 Å². The van der Waals surface area contributed by atoms with Gasteiger partial charge in [0.2, 0.25) is 5.82 Å². The van der Waals surface area contributed by atoms with Gasteiger partial charge in [0.05, 0.1) is 11.4 Å².